The van der Waals surface area contributed by atoms with Gasteiger partial charge in [-0.3, -0.25) is 8.97 Å². The number of rotatable bonds is 4. The molecule has 3 aromatic heterocycles. The molecule has 144 valence electrons. The Labute approximate surface area is 160 Å². The lowest BCUT2D eigenvalue weighted by Crippen LogP contribution is -2.38. The van der Waals surface area contributed by atoms with Crippen molar-refractivity contribution < 1.29 is 4.74 Å². The highest BCUT2D eigenvalue weighted by Gasteiger charge is 2.25. The third-order valence-electron chi connectivity index (χ3n) is 4.85. The number of nitrogens with two attached hydrogens (primary N) is 1. The van der Waals surface area contributed by atoms with E-state index >= 15 is 0 Å². The van der Waals surface area contributed by atoms with E-state index in [1.54, 1.807) is 22.9 Å². The van der Waals surface area contributed by atoms with Crippen LogP contribution in [0.4, 0.5) is 11.6 Å². The first-order chi connectivity index (χ1) is 13.6. The minimum Gasteiger partial charge on any atom is -0.382 e. The van der Waals surface area contributed by atoms with Crippen LogP contribution < -0.4 is 16.7 Å². The standard InChI is InChI=1S/C18H20N8O2/c1-11(23-16-13(8-19)15(20)21-10-22-16)17-24-14-5-2-6-25(14)18(27)26(17)12-4-3-7-28-9-12/h2,5-6,10-12H,3-4,7,9H2,1H3,(H3,20,21,22,23)/t11-,12-/m0/s1. The Morgan fingerprint density at radius 1 is 1.46 bits per heavy atom. The van der Waals surface area contributed by atoms with Crippen LogP contribution in [-0.4, -0.2) is 37.1 Å². The average Bonchev–Trinajstić information content (AvgIpc) is 3.18. The number of nitrogens with zero attached hydrogens (tertiary/aromatic N) is 6. The summed E-state index contributed by atoms with van der Waals surface area (Å²) in [4.78, 5) is 25.8. The van der Waals surface area contributed by atoms with Gasteiger partial charge in [0.15, 0.2) is 0 Å². The molecule has 1 fully saturated rings. The summed E-state index contributed by atoms with van der Waals surface area (Å²) >= 11 is 0. The van der Waals surface area contributed by atoms with Crippen LogP contribution >= 0.6 is 0 Å². The zero-order valence-corrected chi connectivity index (χ0v) is 15.4. The Morgan fingerprint density at radius 2 is 2.32 bits per heavy atom. The van der Waals surface area contributed by atoms with Crippen LogP contribution in [0.2, 0.25) is 0 Å². The SMILES string of the molecule is C[C@H](Nc1ncnc(N)c1C#N)c1nc2cccn2c(=O)n1[C@H]1CCCOC1. The first kappa shape index (κ1) is 17.9. The number of hydrogen-bond acceptors (Lipinski definition) is 8. The zero-order chi connectivity index (χ0) is 19.7. The lowest BCUT2D eigenvalue weighted by Gasteiger charge is -2.28. The molecule has 2 atom stereocenters. The second kappa shape index (κ2) is 7.28. The molecule has 10 heteroatoms. The van der Waals surface area contributed by atoms with Crippen molar-refractivity contribution in [2.75, 3.05) is 24.3 Å². The average molecular weight is 380 g/mol. The van der Waals surface area contributed by atoms with Crippen LogP contribution in [0, 0.1) is 11.3 Å². The van der Waals surface area contributed by atoms with Crippen molar-refractivity contribution in [3.8, 4) is 6.07 Å². The molecule has 1 aliphatic rings. The molecule has 0 bridgehead atoms. The van der Waals surface area contributed by atoms with Gasteiger partial charge in [-0.25, -0.2) is 19.7 Å². The van der Waals surface area contributed by atoms with Gasteiger partial charge in [0.05, 0.1) is 18.7 Å². The van der Waals surface area contributed by atoms with Gasteiger partial charge in [-0.1, -0.05) is 0 Å². The molecular weight excluding hydrogens is 360 g/mol. The minimum atomic E-state index is -0.407. The van der Waals surface area contributed by atoms with E-state index in [0.717, 1.165) is 12.8 Å². The van der Waals surface area contributed by atoms with Crippen molar-refractivity contribution in [3.05, 3.63) is 46.5 Å². The highest BCUT2D eigenvalue weighted by Crippen LogP contribution is 2.25. The topological polar surface area (TPSA) is 136 Å². The molecule has 0 aliphatic carbocycles. The predicted molar refractivity (Wildman–Crippen MR) is 102 cm³/mol. The Kier molecular flexibility index (Phi) is 4.67. The molecule has 0 unspecified atom stereocenters. The molecule has 1 aliphatic heterocycles. The number of hydrogen-bond donors (Lipinski definition) is 2. The normalized spacial score (nSPS) is 17.9. The van der Waals surface area contributed by atoms with Gasteiger partial charge >= 0.3 is 5.69 Å². The first-order valence-electron chi connectivity index (χ1n) is 9.04. The van der Waals surface area contributed by atoms with E-state index in [1.807, 2.05) is 13.0 Å². The summed E-state index contributed by atoms with van der Waals surface area (Å²) in [5.74, 6) is 0.950. The van der Waals surface area contributed by atoms with Crippen molar-refractivity contribution in [2.24, 2.45) is 0 Å². The number of nitriles is 1. The second-order valence-corrected chi connectivity index (χ2v) is 6.69. The highest BCUT2D eigenvalue weighted by molar-refractivity contribution is 5.62. The number of aromatic nitrogens is 5. The lowest BCUT2D eigenvalue weighted by atomic mass is 10.1. The van der Waals surface area contributed by atoms with Crippen molar-refractivity contribution in [3.63, 3.8) is 0 Å². The fourth-order valence-electron chi connectivity index (χ4n) is 3.47. The highest BCUT2D eigenvalue weighted by atomic mass is 16.5. The first-order valence-corrected chi connectivity index (χ1v) is 9.04. The zero-order valence-electron chi connectivity index (χ0n) is 15.4. The molecule has 1 saturated heterocycles. The van der Waals surface area contributed by atoms with Crippen LogP contribution in [0.1, 0.15) is 43.2 Å². The van der Waals surface area contributed by atoms with Gasteiger partial charge in [-0.15, -0.1) is 0 Å². The van der Waals surface area contributed by atoms with Gasteiger partial charge in [-0.2, -0.15) is 5.26 Å². The van der Waals surface area contributed by atoms with Crippen molar-refractivity contribution >= 4 is 17.3 Å². The van der Waals surface area contributed by atoms with Crippen LogP contribution in [0.25, 0.3) is 5.65 Å². The molecule has 0 radical (unpaired) electrons. The maximum atomic E-state index is 13.1. The summed E-state index contributed by atoms with van der Waals surface area (Å²) in [6, 6.07) is 5.06. The predicted octanol–water partition coefficient (Wildman–Crippen LogP) is 1.26. The van der Waals surface area contributed by atoms with E-state index in [0.29, 0.717) is 30.5 Å². The van der Waals surface area contributed by atoms with Crippen molar-refractivity contribution in [2.45, 2.75) is 31.8 Å². The smallest absolute Gasteiger partial charge is 0.335 e. The third kappa shape index (κ3) is 3.05. The molecule has 0 amide bonds. The molecule has 0 aromatic carbocycles. The van der Waals surface area contributed by atoms with Crippen LogP contribution in [0.15, 0.2) is 29.5 Å². The number of nitrogen functional groups attached to an aromatic ring is 1. The summed E-state index contributed by atoms with van der Waals surface area (Å²) in [6.07, 6.45) is 4.70. The molecule has 3 aromatic rings. The van der Waals surface area contributed by atoms with Crippen LogP contribution in [-0.2, 0) is 4.74 Å². The van der Waals surface area contributed by atoms with E-state index < -0.39 is 6.04 Å². The maximum absolute atomic E-state index is 13.1. The molecular formula is C18H20N8O2. The van der Waals surface area contributed by atoms with Gasteiger partial charge in [0.2, 0.25) is 0 Å². The molecule has 0 spiro atoms. The van der Waals surface area contributed by atoms with Gasteiger partial charge in [0, 0.05) is 12.8 Å². The fourth-order valence-corrected chi connectivity index (χ4v) is 3.47. The number of fused-ring (bicyclic) bond motifs is 1. The van der Waals surface area contributed by atoms with Crippen LogP contribution in [0.3, 0.4) is 0 Å². The molecule has 3 N–H and O–H groups in total. The summed E-state index contributed by atoms with van der Waals surface area (Å²) in [5, 5.41) is 12.5. The van der Waals surface area contributed by atoms with Gasteiger partial charge in [-0.05, 0) is 31.9 Å². The quantitative estimate of drug-likeness (QED) is 0.690. The van der Waals surface area contributed by atoms with Gasteiger partial charge < -0.3 is 15.8 Å². The number of anilines is 2. The second-order valence-electron chi connectivity index (χ2n) is 6.69. The fraction of sp³-hybridized carbons (Fsp3) is 0.389. The van der Waals surface area contributed by atoms with Gasteiger partial charge in [0.25, 0.3) is 0 Å². The Hall–Kier alpha value is -3.45. The van der Waals surface area contributed by atoms with Crippen molar-refractivity contribution in [1.82, 2.24) is 23.9 Å². The Morgan fingerprint density at radius 3 is 3.07 bits per heavy atom. The van der Waals surface area contributed by atoms with E-state index in [-0.39, 0.29) is 23.1 Å². The Balaban J connectivity index is 1.80. The van der Waals surface area contributed by atoms with E-state index in [9.17, 15) is 10.1 Å². The largest absolute Gasteiger partial charge is 0.382 e. The maximum Gasteiger partial charge on any atom is 0.335 e. The minimum absolute atomic E-state index is 0.0975. The third-order valence-corrected chi connectivity index (χ3v) is 4.85. The summed E-state index contributed by atoms with van der Waals surface area (Å²) in [5.41, 5.74) is 6.32. The molecule has 4 heterocycles. The molecule has 0 saturated carbocycles. The summed E-state index contributed by atoms with van der Waals surface area (Å²) in [7, 11) is 0. The molecule has 10 nitrogen and oxygen atoms in total. The van der Waals surface area contributed by atoms with Gasteiger partial charge in [0.1, 0.15) is 41.1 Å². The Bertz CT molecular complexity index is 1110. The number of nitrogens with one attached hydrogen (secondary N) is 1. The van der Waals surface area contributed by atoms with E-state index in [4.69, 9.17) is 15.5 Å². The molecule has 4 rings (SSSR count). The lowest BCUT2D eigenvalue weighted by molar-refractivity contribution is 0.0556. The van der Waals surface area contributed by atoms with E-state index in [1.165, 1.54) is 10.7 Å². The van der Waals surface area contributed by atoms with Crippen LogP contribution in [0.5, 0.6) is 0 Å². The van der Waals surface area contributed by atoms with Crippen molar-refractivity contribution in [1.29, 1.82) is 5.26 Å². The molecule has 28 heavy (non-hydrogen) atoms. The summed E-state index contributed by atoms with van der Waals surface area (Å²) < 4.78 is 8.80. The number of ether oxygens (including phenoxy) is 1. The van der Waals surface area contributed by atoms with E-state index in [2.05, 4.69) is 15.3 Å². The summed E-state index contributed by atoms with van der Waals surface area (Å²) in [6.45, 7) is 3.01. The monoisotopic (exact) mass is 380 g/mol.